The maximum Gasteiger partial charge on any atom is 0.0700 e. The number of rotatable bonds is 10. The van der Waals surface area contributed by atoms with Crippen LogP contribution in [-0.4, -0.2) is 33.5 Å². The quantitative estimate of drug-likeness (QED) is 0.666. The van der Waals surface area contributed by atoms with Gasteiger partial charge in [-0.1, -0.05) is 23.8 Å². The van der Waals surface area contributed by atoms with Gasteiger partial charge in [-0.3, -0.25) is 0 Å². The molecule has 3 heteroatoms. The highest BCUT2D eigenvalue weighted by Crippen LogP contribution is 2.18. The van der Waals surface area contributed by atoms with Gasteiger partial charge in [0.05, 0.1) is 13.2 Å². The van der Waals surface area contributed by atoms with Crippen molar-refractivity contribution < 1.29 is 9.47 Å². The Morgan fingerprint density at radius 2 is 1.90 bits per heavy atom. The van der Waals surface area contributed by atoms with Crippen LogP contribution in [0.15, 0.2) is 18.2 Å². The molecule has 1 rings (SSSR count). The van der Waals surface area contributed by atoms with Gasteiger partial charge in [0, 0.05) is 19.8 Å². The molecule has 0 fully saturated rings. The van der Waals surface area contributed by atoms with Crippen molar-refractivity contribution in [1.29, 1.82) is 0 Å². The normalized spacial score (nSPS) is 12.6. The second-order valence-electron chi connectivity index (χ2n) is 5.35. The Bertz CT molecular complexity index is 379. The van der Waals surface area contributed by atoms with Gasteiger partial charge in [-0.2, -0.15) is 0 Å². The molecule has 0 saturated heterocycles. The first-order chi connectivity index (χ1) is 9.65. The highest BCUT2D eigenvalue weighted by atomic mass is 16.5. The third-order valence-corrected chi connectivity index (χ3v) is 3.49. The number of unbranched alkanes of at least 4 members (excludes halogenated alkanes) is 1. The zero-order chi connectivity index (χ0) is 14.8. The van der Waals surface area contributed by atoms with Crippen LogP contribution in [0.4, 0.5) is 0 Å². The lowest BCUT2D eigenvalue weighted by molar-refractivity contribution is 0.0687. The third-order valence-electron chi connectivity index (χ3n) is 3.49. The predicted octanol–water partition coefficient (Wildman–Crippen LogP) is 3.40. The van der Waals surface area contributed by atoms with E-state index in [0.29, 0.717) is 19.3 Å². The van der Waals surface area contributed by atoms with Crippen LogP contribution in [0, 0.1) is 13.8 Å². The van der Waals surface area contributed by atoms with Crippen LogP contribution in [-0.2, 0) is 9.47 Å². The van der Waals surface area contributed by atoms with Gasteiger partial charge in [0.2, 0.25) is 0 Å². The molecule has 0 heterocycles. The van der Waals surface area contributed by atoms with Gasteiger partial charge in [-0.15, -0.1) is 0 Å². The molecule has 1 atom stereocenters. The maximum atomic E-state index is 5.45. The third kappa shape index (κ3) is 6.51. The minimum Gasteiger partial charge on any atom is -0.382 e. The van der Waals surface area contributed by atoms with E-state index in [1.807, 2.05) is 0 Å². The minimum atomic E-state index is 0.407. The second-order valence-corrected chi connectivity index (χ2v) is 5.35. The average Bonchev–Trinajstić information content (AvgIpc) is 2.41. The van der Waals surface area contributed by atoms with Crippen molar-refractivity contribution in [3.8, 4) is 0 Å². The highest BCUT2D eigenvalue weighted by molar-refractivity contribution is 5.32. The molecule has 0 aliphatic rings. The molecule has 0 bridgehead atoms. The number of aryl methyl sites for hydroxylation is 2. The van der Waals surface area contributed by atoms with Gasteiger partial charge in [0.15, 0.2) is 0 Å². The number of benzene rings is 1. The van der Waals surface area contributed by atoms with Crippen molar-refractivity contribution in [2.24, 2.45) is 0 Å². The summed E-state index contributed by atoms with van der Waals surface area (Å²) in [4.78, 5) is 0. The van der Waals surface area contributed by atoms with E-state index in [2.05, 4.69) is 44.3 Å². The summed E-state index contributed by atoms with van der Waals surface area (Å²) in [7, 11) is 1.70. The predicted molar refractivity (Wildman–Crippen MR) is 84.3 cm³/mol. The lowest BCUT2D eigenvalue weighted by Gasteiger charge is -2.17. The van der Waals surface area contributed by atoms with E-state index in [1.54, 1.807) is 7.11 Å². The van der Waals surface area contributed by atoms with E-state index in [1.165, 1.54) is 16.7 Å². The standard InChI is InChI=1S/C17H29NO2/c1-14-7-8-17(15(2)13-14)16(3)18-9-5-6-10-20-12-11-19-4/h7-8,13,16,18H,5-6,9-12H2,1-4H3. The van der Waals surface area contributed by atoms with Crippen molar-refractivity contribution in [1.82, 2.24) is 5.32 Å². The Labute approximate surface area is 123 Å². The van der Waals surface area contributed by atoms with Crippen LogP contribution in [0.3, 0.4) is 0 Å². The molecular formula is C17H29NO2. The van der Waals surface area contributed by atoms with Crippen LogP contribution >= 0.6 is 0 Å². The van der Waals surface area contributed by atoms with Gasteiger partial charge in [0.1, 0.15) is 0 Å². The molecule has 0 radical (unpaired) electrons. The molecule has 0 aliphatic heterocycles. The zero-order valence-corrected chi connectivity index (χ0v) is 13.4. The topological polar surface area (TPSA) is 30.5 Å². The van der Waals surface area contributed by atoms with Crippen molar-refractivity contribution >= 4 is 0 Å². The molecule has 0 amide bonds. The average molecular weight is 279 g/mol. The van der Waals surface area contributed by atoms with Crippen LogP contribution in [0.2, 0.25) is 0 Å². The molecule has 1 aromatic carbocycles. The van der Waals surface area contributed by atoms with Gasteiger partial charge < -0.3 is 14.8 Å². The van der Waals surface area contributed by atoms with Crippen LogP contribution in [0.25, 0.3) is 0 Å². The first-order valence-electron chi connectivity index (χ1n) is 7.52. The van der Waals surface area contributed by atoms with Crippen molar-refractivity contribution in [2.75, 3.05) is 33.5 Å². The summed E-state index contributed by atoms with van der Waals surface area (Å²) in [6.07, 6.45) is 2.23. The van der Waals surface area contributed by atoms with Crippen LogP contribution < -0.4 is 5.32 Å². The lowest BCUT2D eigenvalue weighted by atomic mass is 10.0. The first-order valence-corrected chi connectivity index (χ1v) is 7.52. The number of hydrogen-bond acceptors (Lipinski definition) is 3. The molecule has 1 aromatic rings. The fourth-order valence-corrected chi connectivity index (χ4v) is 2.31. The van der Waals surface area contributed by atoms with Crippen LogP contribution in [0.5, 0.6) is 0 Å². The summed E-state index contributed by atoms with van der Waals surface area (Å²) >= 11 is 0. The Morgan fingerprint density at radius 1 is 1.10 bits per heavy atom. The summed E-state index contributed by atoms with van der Waals surface area (Å²) in [5.74, 6) is 0. The number of nitrogens with one attached hydrogen (secondary N) is 1. The lowest BCUT2D eigenvalue weighted by Crippen LogP contribution is -2.21. The molecular weight excluding hydrogens is 250 g/mol. The van der Waals surface area contributed by atoms with Gasteiger partial charge in [0.25, 0.3) is 0 Å². The fourth-order valence-electron chi connectivity index (χ4n) is 2.31. The molecule has 1 N–H and O–H groups in total. The Morgan fingerprint density at radius 3 is 2.60 bits per heavy atom. The number of methoxy groups -OCH3 is 1. The highest BCUT2D eigenvalue weighted by Gasteiger charge is 2.07. The Hall–Kier alpha value is -0.900. The molecule has 0 spiro atoms. The molecule has 114 valence electrons. The van der Waals surface area contributed by atoms with E-state index >= 15 is 0 Å². The fraction of sp³-hybridized carbons (Fsp3) is 0.647. The Kier molecular flexibility index (Phi) is 8.51. The van der Waals surface area contributed by atoms with E-state index in [9.17, 15) is 0 Å². The second kappa shape index (κ2) is 9.92. The van der Waals surface area contributed by atoms with E-state index in [0.717, 1.165) is 26.0 Å². The monoisotopic (exact) mass is 279 g/mol. The van der Waals surface area contributed by atoms with Crippen molar-refractivity contribution in [3.63, 3.8) is 0 Å². The van der Waals surface area contributed by atoms with Crippen molar-refractivity contribution in [2.45, 2.75) is 39.7 Å². The Balaban J connectivity index is 2.15. The largest absolute Gasteiger partial charge is 0.382 e. The smallest absolute Gasteiger partial charge is 0.0700 e. The van der Waals surface area contributed by atoms with E-state index in [-0.39, 0.29) is 0 Å². The molecule has 0 saturated carbocycles. The first kappa shape index (κ1) is 17.2. The van der Waals surface area contributed by atoms with E-state index in [4.69, 9.17) is 9.47 Å². The summed E-state index contributed by atoms with van der Waals surface area (Å²) in [6, 6.07) is 7.07. The summed E-state index contributed by atoms with van der Waals surface area (Å²) in [5, 5.41) is 3.58. The SMILES string of the molecule is COCCOCCCCNC(C)c1ccc(C)cc1C. The van der Waals surface area contributed by atoms with Gasteiger partial charge >= 0.3 is 0 Å². The zero-order valence-electron chi connectivity index (χ0n) is 13.4. The summed E-state index contributed by atoms with van der Waals surface area (Å²) < 4.78 is 10.4. The molecule has 3 nitrogen and oxygen atoms in total. The molecule has 1 unspecified atom stereocenters. The minimum absolute atomic E-state index is 0.407. The van der Waals surface area contributed by atoms with E-state index < -0.39 is 0 Å². The summed E-state index contributed by atoms with van der Waals surface area (Å²) in [6.45, 7) is 9.78. The molecule has 20 heavy (non-hydrogen) atoms. The molecule has 0 aromatic heterocycles. The van der Waals surface area contributed by atoms with Gasteiger partial charge in [-0.05, 0) is 51.3 Å². The van der Waals surface area contributed by atoms with Crippen molar-refractivity contribution in [3.05, 3.63) is 34.9 Å². The molecule has 0 aliphatic carbocycles. The summed E-state index contributed by atoms with van der Waals surface area (Å²) in [5.41, 5.74) is 4.09. The number of hydrogen-bond donors (Lipinski definition) is 1. The van der Waals surface area contributed by atoms with Gasteiger partial charge in [-0.25, -0.2) is 0 Å². The number of ether oxygens (including phenoxy) is 2. The van der Waals surface area contributed by atoms with Crippen LogP contribution in [0.1, 0.15) is 42.5 Å². The maximum absolute atomic E-state index is 5.45.